The molecule has 0 aliphatic carbocycles. The van der Waals surface area contributed by atoms with E-state index in [1.807, 2.05) is 12.1 Å². The van der Waals surface area contributed by atoms with Gasteiger partial charge in [0.25, 0.3) is 5.56 Å². The highest BCUT2D eigenvalue weighted by atomic mass is 16.2. The lowest BCUT2D eigenvalue weighted by molar-refractivity contribution is 0.254. The van der Waals surface area contributed by atoms with E-state index in [9.17, 15) is 9.59 Å². The average molecular weight is 232 g/mol. The van der Waals surface area contributed by atoms with Gasteiger partial charge in [0.15, 0.2) is 0 Å². The van der Waals surface area contributed by atoms with Crippen molar-refractivity contribution in [3.8, 4) is 11.3 Å². The molecule has 1 heterocycles. The summed E-state index contributed by atoms with van der Waals surface area (Å²) in [5, 5.41) is 10.3. The van der Waals surface area contributed by atoms with Gasteiger partial charge in [-0.25, -0.2) is 4.79 Å². The summed E-state index contributed by atoms with van der Waals surface area (Å²) in [5.74, 6) is 0. The summed E-state index contributed by atoms with van der Waals surface area (Å²) in [4.78, 5) is 22.0. The minimum absolute atomic E-state index is 0.174. The van der Waals surface area contributed by atoms with Gasteiger partial charge in [-0.3, -0.25) is 15.0 Å². The summed E-state index contributed by atoms with van der Waals surface area (Å²) in [6.45, 7) is 0. The molecule has 1 aromatic heterocycles. The van der Waals surface area contributed by atoms with Crippen molar-refractivity contribution in [3.05, 3.63) is 40.7 Å². The third-order valence-electron chi connectivity index (χ3n) is 2.28. The highest BCUT2D eigenvalue weighted by Gasteiger charge is 2.02. The third kappa shape index (κ3) is 2.54. The first-order valence-electron chi connectivity index (χ1n) is 5.06. The molecular weight excluding hydrogens is 220 g/mol. The Labute approximate surface area is 97.0 Å². The van der Waals surface area contributed by atoms with E-state index in [0.717, 1.165) is 5.56 Å². The molecule has 4 N–H and O–H groups in total. The highest BCUT2D eigenvalue weighted by molar-refractivity contribution is 5.89. The van der Waals surface area contributed by atoms with Crippen LogP contribution in [0.15, 0.2) is 35.1 Å². The lowest BCUT2D eigenvalue weighted by Crippen LogP contribution is -2.24. The van der Waals surface area contributed by atoms with Crippen LogP contribution >= 0.6 is 0 Å². The van der Waals surface area contributed by atoms with Crippen LogP contribution in [0.25, 0.3) is 11.3 Å². The van der Waals surface area contributed by atoms with Gasteiger partial charge >= 0.3 is 6.03 Å². The maximum atomic E-state index is 11.1. The van der Waals surface area contributed by atoms with E-state index in [2.05, 4.69) is 20.8 Å². The molecule has 1 aromatic carbocycles. The fourth-order valence-corrected chi connectivity index (χ4v) is 1.41. The molecule has 6 nitrogen and oxygen atoms in total. The van der Waals surface area contributed by atoms with Gasteiger partial charge in [-0.2, -0.15) is 0 Å². The molecule has 2 amide bonds. The Bertz CT molecular complexity index is 568. The van der Waals surface area contributed by atoms with E-state index in [1.54, 1.807) is 19.2 Å². The summed E-state index contributed by atoms with van der Waals surface area (Å²) < 4.78 is 0. The number of urea groups is 1. The number of amides is 2. The number of benzene rings is 1. The first-order valence-corrected chi connectivity index (χ1v) is 5.06. The summed E-state index contributed by atoms with van der Waals surface area (Å²) in [5.41, 5.74) is 2.09. The van der Waals surface area contributed by atoms with Gasteiger partial charge in [0.1, 0.15) is 0 Å². The SMILES string of the molecule is CNC(=O)Nc1ccc(-c2cc(=O)[nH][nH]2)cc1. The lowest BCUT2D eigenvalue weighted by atomic mass is 10.1. The van der Waals surface area contributed by atoms with E-state index >= 15 is 0 Å². The molecule has 2 rings (SSSR count). The molecule has 0 fully saturated rings. The number of carbonyl (C=O) groups excluding carboxylic acids is 1. The van der Waals surface area contributed by atoms with E-state index in [-0.39, 0.29) is 11.6 Å². The van der Waals surface area contributed by atoms with Gasteiger partial charge in [0.05, 0.1) is 5.69 Å². The second-order valence-corrected chi connectivity index (χ2v) is 3.45. The molecular formula is C11H12N4O2. The van der Waals surface area contributed by atoms with Crippen molar-refractivity contribution in [2.75, 3.05) is 12.4 Å². The number of aromatic amines is 2. The van der Waals surface area contributed by atoms with Gasteiger partial charge in [-0.05, 0) is 17.7 Å². The molecule has 6 heteroatoms. The largest absolute Gasteiger partial charge is 0.341 e. The van der Waals surface area contributed by atoms with Crippen LogP contribution in [0.4, 0.5) is 10.5 Å². The molecule has 17 heavy (non-hydrogen) atoms. The average Bonchev–Trinajstić information content (AvgIpc) is 2.77. The highest BCUT2D eigenvalue weighted by Crippen LogP contribution is 2.17. The van der Waals surface area contributed by atoms with Crippen molar-refractivity contribution < 1.29 is 4.79 Å². The Morgan fingerprint density at radius 2 is 1.88 bits per heavy atom. The zero-order valence-corrected chi connectivity index (χ0v) is 9.20. The van der Waals surface area contributed by atoms with Gasteiger partial charge in [-0.15, -0.1) is 0 Å². The van der Waals surface area contributed by atoms with E-state index in [0.29, 0.717) is 11.4 Å². The van der Waals surface area contributed by atoms with Gasteiger partial charge < -0.3 is 10.6 Å². The van der Waals surface area contributed by atoms with Crippen LogP contribution in [0, 0.1) is 0 Å². The molecule has 0 atom stereocenters. The Morgan fingerprint density at radius 1 is 1.18 bits per heavy atom. The van der Waals surface area contributed by atoms with Crippen molar-refractivity contribution in [1.82, 2.24) is 15.5 Å². The zero-order chi connectivity index (χ0) is 12.3. The Hall–Kier alpha value is -2.50. The maximum Gasteiger partial charge on any atom is 0.318 e. The minimum atomic E-state index is -0.271. The molecule has 0 saturated heterocycles. The van der Waals surface area contributed by atoms with E-state index < -0.39 is 0 Å². The molecule has 0 aliphatic heterocycles. The number of hydrogen-bond acceptors (Lipinski definition) is 2. The molecule has 0 unspecified atom stereocenters. The molecule has 88 valence electrons. The van der Waals surface area contributed by atoms with E-state index in [1.165, 1.54) is 6.07 Å². The number of hydrogen-bond donors (Lipinski definition) is 4. The molecule has 0 bridgehead atoms. The lowest BCUT2D eigenvalue weighted by Gasteiger charge is -2.04. The number of carbonyl (C=O) groups is 1. The topological polar surface area (TPSA) is 89.8 Å². The number of H-pyrrole nitrogens is 2. The first-order chi connectivity index (χ1) is 8.19. The molecule has 0 saturated carbocycles. The van der Waals surface area contributed by atoms with Gasteiger partial charge in [0.2, 0.25) is 0 Å². The maximum absolute atomic E-state index is 11.1. The number of aromatic nitrogens is 2. The van der Waals surface area contributed by atoms with Crippen LogP contribution in [0.5, 0.6) is 0 Å². The van der Waals surface area contributed by atoms with Crippen LogP contribution in [0.3, 0.4) is 0 Å². The number of rotatable bonds is 2. The fourth-order valence-electron chi connectivity index (χ4n) is 1.41. The molecule has 0 aliphatic rings. The minimum Gasteiger partial charge on any atom is -0.341 e. The molecule has 2 aromatic rings. The van der Waals surface area contributed by atoms with Crippen LogP contribution in [-0.2, 0) is 0 Å². The van der Waals surface area contributed by atoms with Crippen molar-refractivity contribution >= 4 is 11.7 Å². The van der Waals surface area contributed by atoms with Crippen LogP contribution in [-0.4, -0.2) is 23.3 Å². The standard InChI is InChI=1S/C11H12N4O2/c1-12-11(17)13-8-4-2-7(3-5-8)9-6-10(16)15-14-9/h2-6H,1H3,(H2,12,13,17)(H2,14,15,16). The van der Waals surface area contributed by atoms with Gasteiger partial charge in [0, 0.05) is 18.8 Å². The van der Waals surface area contributed by atoms with Crippen molar-refractivity contribution in [2.24, 2.45) is 0 Å². The van der Waals surface area contributed by atoms with Gasteiger partial charge in [-0.1, -0.05) is 12.1 Å². The summed E-state index contributed by atoms with van der Waals surface area (Å²) in [6.07, 6.45) is 0. The predicted octanol–water partition coefficient (Wildman–Crippen LogP) is 1.12. The Kier molecular flexibility index (Phi) is 2.95. The summed E-state index contributed by atoms with van der Waals surface area (Å²) in [7, 11) is 1.55. The van der Waals surface area contributed by atoms with Crippen LogP contribution in [0.1, 0.15) is 0 Å². The zero-order valence-electron chi connectivity index (χ0n) is 9.20. The normalized spacial score (nSPS) is 9.94. The van der Waals surface area contributed by atoms with E-state index in [4.69, 9.17) is 0 Å². The Morgan fingerprint density at radius 3 is 2.41 bits per heavy atom. The summed E-state index contributed by atoms with van der Waals surface area (Å²) >= 11 is 0. The van der Waals surface area contributed by atoms with Crippen molar-refractivity contribution in [3.63, 3.8) is 0 Å². The summed E-state index contributed by atoms with van der Waals surface area (Å²) in [6, 6.07) is 8.34. The molecule has 0 radical (unpaired) electrons. The monoisotopic (exact) mass is 232 g/mol. The molecule has 0 spiro atoms. The van der Waals surface area contributed by atoms with Crippen molar-refractivity contribution in [1.29, 1.82) is 0 Å². The first kappa shape index (κ1) is 11.0. The second kappa shape index (κ2) is 4.56. The fraction of sp³-hybridized carbons (Fsp3) is 0.0909. The number of nitrogens with one attached hydrogen (secondary N) is 4. The van der Waals surface area contributed by atoms with Crippen molar-refractivity contribution in [2.45, 2.75) is 0 Å². The number of anilines is 1. The van der Waals surface area contributed by atoms with Crippen LogP contribution in [0.2, 0.25) is 0 Å². The Balaban J connectivity index is 2.18. The second-order valence-electron chi connectivity index (χ2n) is 3.45. The predicted molar refractivity (Wildman–Crippen MR) is 64.9 cm³/mol. The van der Waals surface area contributed by atoms with Crippen LogP contribution < -0.4 is 16.2 Å². The smallest absolute Gasteiger partial charge is 0.318 e. The third-order valence-corrected chi connectivity index (χ3v) is 2.28. The quantitative estimate of drug-likeness (QED) is 0.625.